The molecule has 3 heterocycles. The largest absolute Gasteiger partial charge is 0.350 e. The van der Waals surface area contributed by atoms with E-state index in [4.69, 9.17) is 0 Å². The van der Waals surface area contributed by atoms with E-state index in [1.54, 1.807) is 4.90 Å². The first kappa shape index (κ1) is 15.2. The van der Waals surface area contributed by atoms with Crippen LogP contribution in [0.4, 0.5) is 10.5 Å². The Morgan fingerprint density at radius 2 is 1.96 bits per heavy atom. The highest BCUT2D eigenvalue weighted by Gasteiger charge is 2.25. The number of imide groups is 1. The maximum atomic E-state index is 12.1. The number of benzene rings is 1. The minimum Gasteiger partial charge on any atom is -0.350 e. The SMILES string of the molecule is Cn1cc(C2CCNCC2)c2ccc(N3CCC(=O)NC3=O)cc21. The van der Waals surface area contributed by atoms with Crippen molar-refractivity contribution >= 4 is 28.5 Å². The number of urea groups is 1. The Bertz CT molecular complexity index is 805. The smallest absolute Gasteiger partial charge is 0.328 e. The molecule has 0 aliphatic carbocycles. The van der Waals surface area contributed by atoms with Gasteiger partial charge in [-0.3, -0.25) is 15.0 Å². The normalized spacial score (nSPS) is 19.8. The van der Waals surface area contributed by atoms with Crippen molar-refractivity contribution in [2.75, 3.05) is 24.5 Å². The predicted molar refractivity (Wildman–Crippen MR) is 93.3 cm³/mol. The first-order valence-electron chi connectivity index (χ1n) is 8.54. The van der Waals surface area contributed by atoms with Crippen molar-refractivity contribution in [1.29, 1.82) is 0 Å². The van der Waals surface area contributed by atoms with Crippen molar-refractivity contribution in [3.05, 3.63) is 30.0 Å². The Kier molecular flexibility index (Phi) is 3.76. The number of carbonyl (C=O) groups is 2. The standard InChI is InChI=1S/C18H22N4O2/c1-21-11-15(12-4-7-19-8-5-12)14-3-2-13(10-16(14)21)22-9-6-17(23)20-18(22)24/h2-3,10-12,19H,4-9H2,1H3,(H,20,23,24). The molecule has 0 saturated carbocycles. The van der Waals surface area contributed by atoms with Crippen molar-refractivity contribution in [2.45, 2.75) is 25.2 Å². The predicted octanol–water partition coefficient (Wildman–Crippen LogP) is 2.09. The van der Waals surface area contributed by atoms with Gasteiger partial charge >= 0.3 is 6.03 Å². The van der Waals surface area contributed by atoms with Crippen molar-refractivity contribution in [3.63, 3.8) is 0 Å². The lowest BCUT2D eigenvalue weighted by atomic mass is 9.90. The van der Waals surface area contributed by atoms with Crippen LogP contribution >= 0.6 is 0 Å². The lowest BCUT2D eigenvalue weighted by Gasteiger charge is -2.26. The highest BCUT2D eigenvalue weighted by atomic mass is 16.2. The van der Waals surface area contributed by atoms with Gasteiger partial charge in [-0.25, -0.2) is 4.79 Å². The van der Waals surface area contributed by atoms with E-state index in [0.29, 0.717) is 18.9 Å². The second-order valence-corrected chi connectivity index (χ2v) is 6.68. The van der Waals surface area contributed by atoms with Crippen LogP contribution in [0.5, 0.6) is 0 Å². The van der Waals surface area contributed by atoms with Gasteiger partial charge in [-0.1, -0.05) is 6.07 Å². The third kappa shape index (κ3) is 2.57. The molecule has 1 aromatic heterocycles. The Morgan fingerprint density at radius 3 is 2.71 bits per heavy atom. The summed E-state index contributed by atoms with van der Waals surface area (Å²) in [5.41, 5.74) is 3.37. The molecular formula is C18H22N4O2. The summed E-state index contributed by atoms with van der Waals surface area (Å²) in [5.74, 6) is 0.390. The van der Waals surface area contributed by atoms with Gasteiger partial charge in [0.2, 0.25) is 5.91 Å². The zero-order valence-electron chi connectivity index (χ0n) is 13.8. The van der Waals surface area contributed by atoms with E-state index in [9.17, 15) is 9.59 Å². The summed E-state index contributed by atoms with van der Waals surface area (Å²) in [4.78, 5) is 25.0. The lowest BCUT2D eigenvalue weighted by Crippen LogP contribution is -2.49. The molecule has 0 bridgehead atoms. The summed E-state index contributed by atoms with van der Waals surface area (Å²) in [5, 5.41) is 7.06. The average molecular weight is 326 g/mol. The number of carbonyl (C=O) groups excluding carboxylic acids is 2. The van der Waals surface area contributed by atoms with Crippen molar-refractivity contribution in [3.8, 4) is 0 Å². The van der Waals surface area contributed by atoms with Gasteiger partial charge in [0.25, 0.3) is 0 Å². The maximum Gasteiger partial charge on any atom is 0.328 e. The van der Waals surface area contributed by atoms with E-state index in [1.165, 1.54) is 10.9 Å². The Balaban J connectivity index is 1.70. The molecule has 3 amide bonds. The molecule has 2 aliphatic heterocycles. The number of nitrogens with one attached hydrogen (secondary N) is 2. The van der Waals surface area contributed by atoms with Crippen molar-refractivity contribution in [2.24, 2.45) is 7.05 Å². The Morgan fingerprint density at radius 1 is 1.17 bits per heavy atom. The van der Waals surface area contributed by atoms with E-state index in [1.807, 2.05) is 6.07 Å². The van der Waals surface area contributed by atoms with Crippen LogP contribution in [0.2, 0.25) is 0 Å². The zero-order chi connectivity index (χ0) is 16.7. The molecule has 24 heavy (non-hydrogen) atoms. The van der Waals surface area contributed by atoms with E-state index in [2.05, 4.69) is 40.6 Å². The van der Waals surface area contributed by atoms with Gasteiger partial charge < -0.3 is 9.88 Å². The summed E-state index contributed by atoms with van der Waals surface area (Å²) >= 11 is 0. The van der Waals surface area contributed by atoms with E-state index in [0.717, 1.165) is 37.1 Å². The monoisotopic (exact) mass is 326 g/mol. The molecule has 2 fully saturated rings. The minimum absolute atomic E-state index is 0.204. The number of hydrogen-bond donors (Lipinski definition) is 2. The summed E-state index contributed by atoms with van der Waals surface area (Å²) in [6.07, 6.45) is 4.90. The molecule has 0 atom stereocenters. The lowest BCUT2D eigenvalue weighted by molar-refractivity contribution is -0.120. The number of fused-ring (bicyclic) bond motifs is 1. The van der Waals surface area contributed by atoms with Gasteiger partial charge in [-0.15, -0.1) is 0 Å². The third-order valence-corrected chi connectivity index (χ3v) is 5.15. The van der Waals surface area contributed by atoms with Crippen LogP contribution in [0.1, 0.15) is 30.7 Å². The molecule has 6 nitrogen and oxygen atoms in total. The second kappa shape index (κ2) is 5.94. The highest BCUT2D eigenvalue weighted by Crippen LogP contribution is 2.34. The molecule has 1 aromatic carbocycles. The van der Waals surface area contributed by atoms with Crippen molar-refractivity contribution < 1.29 is 9.59 Å². The van der Waals surface area contributed by atoms with Crippen molar-refractivity contribution in [1.82, 2.24) is 15.2 Å². The number of anilines is 1. The Labute approximate surface area is 140 Å². The van der Waals surface area contributed by atoms with E-state index in [-0.39, 0.29) is 11.9 Å². The van der Waals surface area contributed by atoms with Crippen LogP contribution in [0.3, 0.4) is 0 Å². The molecule has 2 N–H and O–H groups in total. The van der Waals surface area contributed by atoms with E-state index < -0.39 is 0 Å². The van der Waals surface area contributed by atoms with Gasteiger partial charge in [-0.05, 0) is 49.5 Å². The second-order valence-electron chi connectivity index (χ2n) is 6.68. The van der Waals surface area contributed by atoms with Crippen LogP contribution in [0.25, 0.3) is 10.9 Å². The molecular weight excluding hydrogens is 304 g/mol. The first-order valence-corrected chi connectivity index (χ1v) is 8.54. The number of amides is 3. The molecule has 4 rings (SSSR count). The molecule has 0 spiro atoms. The van der Waals surface area contributed by atoms with Gasteiger partial charge in [0.1, 0.15) is 0 Å². The maximum absolute atomic E-state index is 12.1. The average Bonchev–Trinajstić information content (AvgIpc) is 2.92. The summed E-state index contributed by atoms with van der Waals surface area (Å²) in [6.45, 7) is 2.57. The topological polar surface area (TPSA) is 66.4 Å². The molecule has 6 heteroatoms. The van der Waals surface area contributed by atoms with E-state index >= 15 is 0 Å². The van der Waals surface area contributed by atoms with Crippen LogP contribution < -0.4 is 15.5 Å². The molecule has 2 aliphatic rings. The van der Waals surface area contributed by atoms with Gasteiger partial charge in [0.15, 0.2) is 0 Å². The molecule has 126 valence electrons. The van der Waals surface area contributed by atoms with Gasteiger partial charge in [0, 0.05) is 37.3 Å². The highest BCUT2D eigenvalue weighted by molar-refractivity contribution is 6.06. The number of piperidine rings is 1. The fraction of sp³-hybridized carbons (Fsp3) is 0.444. The Hall–Kier alpha value is -2.34. The summed E-state index contributed by atoms with van der Waals surface area (Å²) < 4.78 is 2.14. The molecule has 2 saturated heterocycles. The zero-order valence-corrected chi connectivity index (χ0v) is 13.8. The van der Waals surface area contributed by atoms with Crippen LogP contribution in [-0.2, 0) is 11.8 Å². The van der Waals surface area contributed by atoms with Gasteiger partial charge in [-0.2, -0.15) is 0 Å². The van der Waals surface area contributed by atoms with Crippen LogP contribution in [0, 0.1) is 0 Å². The molecule has 0 unspecified atom stereocenters. The number of aromatic nitrogens is 1. The third-order valence-electron chi connectivity index (χ3n) is 5.15. The minimum atomic E-state index is -0.335. The number of rotatable bonds is 2. The quantitative estimate of drug-likeness (QED) is 0.888. The fourth-order valence-corrected chi connectivity index (χ4v) is 3.84. The summed E-state index contributed by atoms with van der Waals surface area (Å²) in [7, 11) is 2.05. The molecule has 0 radical (unpaired) electrons. The number of aryl methyl sites for hydroxylation is 1. The molecule has 2 aromatic rings. The fourth-order valence-electron chi connectivity index (χ4n) is 3.84. The van der Waals surface area contributed by atoms with Crippen LogP contribution in [-0.4, -0.2) is 36.1 Å². The number of hydrogen-bond acceptors (Lipinski definition) is 3. The first-order chi connectivity index (χ1) is 11.6. The summed E-state index contributed by atoms with van der Waals surface area (Å²) in [6, 6.07) is 5.82. The van der Waals surface area contributed by atoms with Crippen LogP contribution in [0.15, 0.2) is 24.4 Å². The van der Waals surface area contributed by atoms with Gasteiger partial charge in [0.05, 0.1) is 5.52 Å². The number of nitrogens with zero attached hydrogens (tertiary/aromatic N) is 2.